The van der Waals surface area contributed by atoms with Crippen LogP contribution in [0.15, 0.2) is 22.8 Å². The van der Waals surface area contributed by atoms with Crippen molar-refractivity contribution in [3.8, 4) is 5.75 Å². The molecule has 18 heavy (non-hydrogen) atoms. The number of aromatic nitrogens is 1. The first-order chi connectivity index (χ1) is 8.63. The molecule has 0 aliphatic heterocycles. The molecule has 0 saturated carbocycles. The highest BCUT2D eigenvalue weighted by Crippen LogP contribution is 2.30. The van der Waals surface area contributed by atoms with Crippen molar-refractivity contribution in [3.05, 3.63) is 38.8 Å². The standard InChI is InChI=1S/C13H15BrN2OS/c1-8-6-9(4-5-10(8)17-3)7-11-12(14)16-13(15-2)18-11/h4-6H,7H2,1-3H3,(H,15,16). The van der Waals surface area contributed by atoms with Gasteiger partial charge in [-0.3, -0.25) is 0 Å². The molecule has 0 aliphatic carbocycles. The van der Waals surface area contributed by atoms with Gasteiger partial charge in [-0.05, 0) is 40.0 Å². The van der Waals surface area contributed by atoms with Gasteiger partial charge in [0.1, 0.15) is 10.4 Å². The minimum atomic E-state index is 0.880. The summed E-state index contributed by atoms with van der Waals surface area (Å²) in [5, 5.41) is 3.99. The average Bonchev–Trinajstić information content (AvgIpc) is 2.70. The summed E-state index contributed by atoms with van der Waals surface area (Å²) < 4.78 is 6.19. The van der Waals surface area contributed by atoms with Crippen LogP contribution in [-0.2, 0) is 6.42 Å². The highest BCUT2D eigenvalue weighted by molar-refractivity contribution is 9.10. The molecular formula is C13H15BrN2OS. The van der Waals surface area contributed by atoms with Gasteiger partial charge in [0, 0.05) is 18.3 Å². The van der Waals surface area contributed by atoms with E-state index in [-0.39, 0.29) is 0 Å². The Labute approximate surface area is 119 Å². The molecule has 0 amide bonds. The SMILES string of the molecule is CNc1nc(Br)c(Cc2ccc(OC)c(C)c2)s1. The van der Waals surface area contributed by atoms with Gasteiger partial charge in [0.15, 0.2) is 5.13 Å². The Balaban J connectivity index is 2.22. The number of nitrogens with one attached hydrogen (secondary N) is 1. The first-order valence-corrected chi connectivity index (χ1v) is 7.21. The molecule has 2 aromatic rings. The molecule has 5 heteroatoms. The molecule has 0 saturated heterocycles. The van der Waals surface area contributed by atoms with E-state index in [1.807, 2.05) is 13.1 Å². The van der Waals surface area contributed by atoms with E-state index in [0.717, 1.165) is 27.5 Å². The van der Waals surface area contributed by atoms with Crippen LogP contribution in [0.4, 0.5) is 5.13 Å². The number of halogens is 1. The van der Waals surface area contributed by atoms with Crippen LogP contribution in [0.5, 0.6) is 5.75 Å². The van der Waals surface area contributed by atoms with Crippen LogP contribution in [0.1, 0.15) is 16.0 Å². The number of ether oxygens (including phenoxy) is 1. The topological polar surface area (TPSA) is 34.2 Å². The average molecular weight is 327 g/mol. The lowest BCUT2D eigenvalue weighted by Crippen LogP contribution is -1.91. The number of rotatable bonds is 4. The number of thiazole rings is 1. The van der Waals surface area contributed by atoms with Gasteiger partial charge >= 0.3 is 0 Å². The monoisotopic (exact) mass is 326 g/mol. The van der Waals surface area contributed by atoms with Gasteiger partial charge in [0.05, 0.1) is 7.11 Å². The zero-order valence-corrected chi connectivity index (χ0v) is 13.0. The third-order valence-corrected chi connectivity index (χ3v) is 4.68. The van der Waals surface area contributed by atoms with Crippen LogP contribution in [-0.4, -0.2) is 19.1 Å². The Kier molecular flexibility index (Phi) is 4.24. The second-order valence-electron chi connectivity index (χ2n) is 3.96. The smallest absolute Gasteiger partial charge is 0.183 e. The minimum Gasteiger partial charge on any atom is -0.496 e. The number of hydrogen-bond donors (Lipinski definition) is 1. The van der Waals surface area contributed by atoms with Crippen LogP contribution >= 0.6 is 27.3 Å². The van der Waals surface area contributed by atoms with E-state index in [4.69, 9.17) is 4.74 Å². The Morgan fingerprint density at radius 1 is 1.44 bits per heavy atom. The lowest BCUT2D eigenvalue weighted by atomic mass is 10.1. The molecule has 1 aromatic carbocycles. The summed E-state index contributed by atoms with van der Waals surface area (Å²) in [6, 6.07) is 6.26. The first kappa shape index (κ1) is 13.4. The van der Waals surface area contributed by atoms with Gasteiger partial charge in [-0.15, -0.1) is 11.3 Å². The van der Waals surface area contributed by atoms with E-state index in [1.165, 1.54) is 10.4 Å². The second kappa shape index (κ2) is 5.71. The van der Waals surface area contributed by atoms with E-state index >= 15 is 0 Å². The number of benzene rings is 1. The molecule has 0 unspecified atom stereocenters. The fourth-order valence-electron chi connectivity index (χ4n) is 1.78. The van der Waals surface area contributed by atoms with Gasteiger partial charge in [0.25, 0.3) is 0 Å². The van der Waals surface area contributed by atoms with Gasteiger partial charge in [-0.2, -0.15) is 0 Å². The second-order valence-corrected chi connectivity index (χ2v) is 5.80. The lowest BCUT2D eigenvalue weighted by molar-refractivity contribution is 0.411. The van der Waals surface area contributed by atoms with Crippen LogP contribution in [0, 0.1) is 6.92 Å². The lowest BCUT2D eigenvalue weighted by Gasteiger charge is -2.06. The summed E-state index contributed by atoms with van der Waals surface area (Å²) in [4.78, 5) is 5.61. The zero-order chi connectivity index (χ0) is 13.1. The van der Waals surface area contributed by atoms with Crippen molar-refractivity contribution in [2.24, 2.45) is 0 Å². The quantitative estimate of drug-likeness (QED) is 0.926. The van der Waals surface area contributed by atoms with Crippen molar-refractivity contribution >= 4 is 32.4 Å². The zero-order valence-electron chi connectivity index (χ0n) is 10.6. The number of hydrogen-bond acceptors (Lipinski definition) is 4. The van der Waals surface area contributed by atoms with Gasteiger partial charge in [-0.1, -0.05) is 12.1 Å². The molecule has 0 fully saturated rings. The number of aryl methyl sites for hydroxylation is 1. The summed E-state index contributed by atoms with van der Waals surface area (Å²) in [5.74, 6) is 0.929. The highest BCUT2D eigenvalue weighted by atomic mass is 79.9. The molecule has 3 nitrogen and oxygen atoms in total. The Hall–Kier alpha value is -1.07. The molecule has 0 aliphatic rings. The largest absolute Gasteiger partial charge is 0.496 e. The van der Waals surface area contributed by atoms with E-state index in [9.17, 15) is 0 Å². The number of methoxy groups -OCH3 is 1. The molecular weight excluding hydrogens is 312 g/mol. The fraction of sp³-hybridized carbons (Fsp3) is 0.308. The Morgan fingerprint density at radius 2 is 2.22 bits per heavy atom. The van der Waals surface area contributed by atoms with Crippen molar-refractivity contribution in [1.82, 2.24) is 4.98 Å². The van der Waals surface area contributed by atoms with Gasteiger partial charge < -0.3 is 10.1 Å². The predicted octanol–water partition coefficient (Wildman–Crippen LogP) is 3.86. The van der Waals surface area contributed by atoms with E-state index in [1.54, 1.807) is 18.4 Å². The molecule has 1 aromatic heterocycles. The predicted molar refractivity (Wildman–Crippen MR) is 79.9 cm³/mol. The summed E-state index contributed by atoms with van der Waals surface area (Å²) in [5.41, 5.74) is 2.42. The molecule has 0 atom stereocenters. The van der Waals surface area contributed by atoms with E-state index in [2.05, 4.69) is 45.3 Å². The van der Waals surface area contributed by atoms with Crippen molar-refractivity contribution < 1.29 is 4.74 Å². The molecule has 1 N–H and O–H groups in total. The summed E-state index contributed by atoms with van der Waals surface area (Å²) in [6.07, 6.45) is 0.880. The summed E-state index contributed by atoms with van der Waals surface area (Å²) in [7, 11) is 3.58. The maximum atomic E-state index is 5.27. The molecule has 0 bridgehead atoms. The van der Waals surface area contributed by atoms with Crippen molar-refractivity contribution in [1.29, 1.82) is 0 Å². The van der Waals surface area contributed by atoms with Gasteiger partial charge in [-0.25, -0.2) is 4.98 Å². The first-order valence-electron chi connectivity index (χ1n) is 5.60. The third-order valence-electron chi connectivity index (χ3n) is 2.69. The molecule has 1 heterocycles. The van der Waals surface area contributed by atoms with Crippen LogP contribution in [0.25, 0.3) is 0 Å². The van der Waals surface area contributed by atoms with Crippen LogP contribution < -0.4 is 10.1 Å². The summed E-state index contributed by atoms with van der Waals surface area (Å²) >= 11 is 5.17. The van der Waals surface area contributed by atoms with Gasteiger partial charge in [0.2, 0.25) is 0 Å². The number of anilines is 1. The Morgan fingerprint density at radius 3 is 2.78 bits per heavy atom. The fourth-order valence-corrected chi connectivity index (χ4v) is 3.30. The summed E-state index contributed by atoms with van der Waals surface area (Å²) in [6.45, 7) is 2.06. The van der Waals surface area contributed by atoms with E-state index in [0.29, 0.717) is 0 Å². The Bertz CT molecular complexity index is 554. The van der Waals surface area contributed by atoms with Crippen molar-refractivity contribution in [2.75, 3.05) is 19.5 Å². The normalized spacial score (nSPS) is 10.4. The van der Waals surface area contributed by atoms with Crippen molar-refractivity contribution in [2.45, 2.75) is 13.3 Å². The van der Waals surface area contributed by atoms with Crippen LogP contribution in [0.3, 0.4) is 0 Å². The van der Waals surface area contributed by atoms with E-state index < -0.39 is 0 Å². The van der Waals surface area contributed by atoms with Crippen molar-refractivity contribution in [3.63, 3.8) is 0 Å². The number of nitrogens with zero attached hydrogens (tertiary/aromatic N) is 1. The maximum absolute atomic E-state index is 5.27. The molecule has 96 valence electrons. The van der Waals surface area contributed by atoms with Crippen LogP contribution in [0.2, 0.25) is 0 Å². The molecule has 2 rings (SSSR count). The minimum absolute atomic E-state index is 0.880. The molecule has 0 spiro atoms. The third kappa shape index (κ3) is 2.84. The molecule has 0 radical (unpaired) electrons. The highest BCUT2D eigenvalue weighted by Gasteiger charge is 2.09. The maximum Gasteiger partial charge on any atom is 0.183 e.